The standard InChI is InChI=1S/C13H16N8/c1-9(2)15-11-16-12(19-20-14)18-13(17-11)21(3)10-7-5-4-6-8-10/h4-9H,1-3H3,(H,15,16,17,18). The zero-order valence-electron chi connectivity index (χ0n) is 12.1. The molecule has 0 bridgehead atoms. The maximum Gasteiger partial charge on any atom is 0.234 e. The van der Waals surface area contributed by atoms with Crippen molar-refractivity contribution < 1.29 is 0 Å². The first-order chi connectivity index (χ1) is 10.1. The number of para-hydroxylation sites is 1. The SMILES string of the molecule is CC(C)Nc1nc(N=[N+]=[N-])nc(N(C)c2ccccc2)n1. The van der Waals surface area contributed by atoms with Gasteiger partial charge in [-0.25, -0.2) is 0 Å². The van der Waals surface area contributed by atoms with Crippen LogP contribution in [0.3, 0.4) is 0 Å². The van der Waals surface area contributed by atoms with Crippen LogP contribution in [0.25, 0.3) is 10.4 Å². The number of rotatable bonds is 5. The largest absolute Gasteiger partial charge is 0.352 e. The summed E-state index contributed by atoms with van der Waals surface area (Å²) in [6.45, 7) is 3.94. The molecule has 8 heteroatoms. The number of nitrogens with one attached hydrogen (secondary N) is 1. The Hall–Kier alpha value is -2.86. The summed E-state index contributed by atoms with van der Waals surface area (Å²) in [5.41, 5.74) is 9.49. The Labute approximate surface area is 122 Å². The summed E-state index contributed by atoms with van der Waals surface area (Å²) in [5.74, 6) is 0.815. The van der Waals surface area contributed by atoms with Crippen molar-refractivity contribution in [1.29, 1.82) is 0 Å². The lowest BCUT2D eigenvalue weighted by molar-refractivity contribution is 0.862. The van der Waals surface area contributed by atoms with Crippen molar-refractivity contribution in [1.82, 2.24) is 15.0 Å². The average Bonchev–Trinajstić information content (AvgIpc) is 2.47. The Morgan fingerprint density at radius 2 is 1.90 bits per heavy atom. The molecule has 21 heavy (non-hydrogen) atoms. The lowest BCUT2D eigenvalue weighted by Crippen LogP contribution is -2.17. The third kappa shape index (κ3) is 3.80. The average molecular weight is 284 g/mol. The number of hydrogen-bond donors (Lipinski definition) is 1. The predicted molar refractivity (Wildman–Crippen MR) is 81.9 cm³/mol. The maximum atomic E-state index is 8.56. The lowest BCUT2D eigenvalue weighted by atomic mass is 10.3. The molecule has 1 aromatic heterocycles. The van der Waals surface area contributed by atoms with Crippen LogP contribution in [0.5, 0.6) is 0 Å². The maximum absolute atomic E-state index is 8.56. The molecular weight excluding hydrogens is 268 g/mol. The highest BCUT2D eigenvalue weighted by molar-refractivity contribution is 5.57. The minimum Gasteiger partial charge on any atom is -0.352 e. The van der Waals surface area contributed by atoms with Crippen LogP contribution in [0.1, 0.15) is 13.8 Å². The van der Waals surface area contributed by atoms with Gasteiger partial charge in [0.25, 0.3) is 0 Å². The van der Waals surface area contributed by atoms with Crippen LogP contribution in [0.4, 0.5) is 23.5 Å². The van der Waals surface area contributed by atoms with Gasteiger partial charge in [-0.15, -0.1) is 0 Å². The monoisotopic (exact) mass is 284 g/mol. The zero-order valence-corrected chi connectivity index (χ0v) is 12.1. The van der Waals surface area contributed by atoms with Gasteiger partial charge in [-0.2, -0.15) is 15.0 Å². The van der Waals surface area contributed by atoms with Crippen molar-refractivity contribution in [3.63, 3.8) is 0 Å². The molecule has 0 aliphatic rings. The van der Waals surface area contributed by atoms with Gasteiger partial charge in [-0.05, 0) is 36.6 Å². The fourth-order valence-electron chi connectivity index (χ4n) is 1.68. The van der Waals surface area contributed by atoms with Gasteiger partial charge < -0.3 is 10.2 Å². The Balaban J connectivity index is 2.42. The highest BCUT2D eigenvalue weighted by atomic mass is 15.3. The molecule has 0 saturated carbocycles. The van der Waals surface area contributed by atoms with Crippen LogP contribution < -0.4 is 10.2 Å². The van der Waals surface area contributed by atoms with E-state index in [9.17, 15) is 0 Å². The van der Waals surface area contributed by atoms with E-state index in [0.29, 0.717) is 11.9 Å². The van der Waals surface area contributed by atoms with Gasteiger partial charge in [-0.3, -0.25) is 0 Å². The van der Waals surface area contributed by atoms with Crippen LogP contribution in [-0.2, 0) is 0 Å². The molecule has 8 nitrogen and oxygen atoms in total. The molecule has 0 aliphatic carbocycles. The van der Waals surface area contributed by atoms with E-state index in [2.05, 4.69) is 30.3 Å². The van der Waals surface area contributed by atoms with Gasteiger partial charge in [-0.1, -0.05) is 18.2 Å². The third-order valence-electron chi connectivity index (χ3n) is 2.61. The van der Waals surface area contributed by atoms with Gasteiger partial charge in [0.05, 0.1) is 0 Å². The molecule has 0 atom stereocenters. The molecule has 0 fully saturated rings. The molecule has 108 valence electrons. The van der Waals surface area contributed by atoms with Crippen molar-refractivity contribution in [3.05, 3.63) is 40.8 Å². The van der Waals surface area contributed by atoms with E-state index in [-0.39, 0.29) is 12.0 Å². The molecule has 0 saturated heterocycles. The Morgan fingerprint density at radius 3 is 2.52 bits per heavy atom. The molecule has 0 spiro atoms. The van der Waals surface area contributed by atoms with E-state index in [1.54, 1.807) is 4.90 Å². The molecular formula is C13H16N8. The predicted octanol–water partition coefficient (Wildman–Crippen LogP) is 3.40. The Morgan fingerprint density at radius 1 is 1.19 bits per heavy atom. The number of hydrogen-bond acceptors (Lipinski definition) is 6. The summed E-state index contributed by atoms with van der Waals surface area (Å²) in [6, 6.07) is 9.81. The van der Waals surface area contributed by atoms with Crippen molar-refractivity contribution in [2.24, 2.45) is 5.11 Å². The van der Waals surface area contributed by atoms with Crippen LogP contribution >= 0.6 is 0 Å². The van der Waals surface area contributed by atoms with Gasteiger partial charge in [0.1, 0.15) is 0 Å². The van der Waals surface area contributed by atoms with E-state index >= 15 is 0 Å². The second-order valence-electron chi connectivity index (χ2n) is 4.64. The van der Waals surface area contributed by atoms with Gasteiger partial charge in [0, 0.05) is 23.7 Å². The molecule has 0 radical (unpaired) electrons. The van der Waals surface area contributed by atoms with Gasteiger partial charge in [0.2, 0.25) is 17.8 Å². The van der Waals surface area contributed by atoms with E-state index < -0.39 is 0 Å². The third-order valence-corrected chi connectivity index (χ3v) is 2.61. The van der Waals surface area contributed by atoms with Crippen molar-refractivity contribution >= 4 is 23.5 Å². The van der Waals surface area contributed by atoms with Crippen molar-refractivity contribution in [2.45, 2.75) is 19.9 Å². The zero-order chi connectivity index (χ0) is 15.2. The summed E-state index contributed by atoms with van der Waals surface area (Å²) >= 11 is 0. The Bertz CT molecular complexity index is 648. The fourth-order valence-corrected chi connectivity index (χ4v) is 1.68. The lowest BCUT2D eigenvalue weighted by Gasteiger charge is -2.18. The summed E-state index contributed by atoms with van der Waals surface area (Å²) in [5, 5.41) is 6.54. The highest BCUT2D eigenvalue weighted by Gasteiger charge is 2.11. The first-order valence-electron chi connectivity index (χ1n) is 6.46. The van der Waals surface area contributed by atoms with Gasteiger partial charge in [0.15, 0.2) is 0 Å². The van der Waals surface area contributed by atoms with Gasteiger partial charge >= 0.3 is 0 Å². The van der Waals surface area contributed by atoms with Crippen molar-refractivity contribution in [3.8, 4) is 0 Å². The molecule has 1 aromatic carbocycles. The second kappa shape index (κ2) is 6.53. The number of benzene rings is 1. The van der Waals surface area contributed by atoms with E-state index in [4.69, 9.17) is 5.53 Å². The first kappa shape index (κ1) is 14.5. The van der Waals surface area contributed by atoms with Crippen molar-refractivity contribution in [2.75, 3.05) is 17.3 Å². The molecule has 0 aliphatic heterocycles. The molecule has 2 aromatic rings. The van der Waals surface area contributed by atoms with E-state index in [1.165, 1.54) is 0 Å². The van der Waals surface area contributed by atoms with E-state index in [0.717, 1.165) is 5.69 Å². The smallest absolute Gasteiger partial charge is 0.234 e. The number of azide groups is 1. The first-order valence-corrected chi connectivity index (χ1v) is 6.46. The number of nitrogens with zero attached hydrogens (tertiary/aromatic N) is 7. The highest BCUT2D eigenvalue weighted by Crippen LogP contribution is 2.22. The Kier molecular flexibility index (Phi) is 4.53. The van der Waals surface area contributed by atoms with Crippen LogP contribution in [0.2, 0.25) is 0 Å². The van der Waals surface area contributed by atoms with Crippen LogP contribution in [-0.4, -0.2) is 28.0 Å². The number of aromatic nitrogens is 3. The second-order valence-corrected chi connectivity index (χ2v) is 4.64. The van der Waals surface area contributed by atoms with E-state index in [1.807, 2.05) is 51.2 Å². The molecule has 0 amide bonds. The number of anilines is 3. The van der Waals surface area contributed by atoms with Crippen LogP contribution in [0, 0.1) is 0 Å². The summed E-state index contributed by atoms with van der Waals surface area (Å²) in [7, 11) is 1.84. The van der Waals surface area contributed by atoms with Crippen LogP contribution in [0.15, 0.2) is 35.4 Å². The normalized spacial score (nSPS) is 10.1. The minimum atomic E-state index is 0.0356. The summed E-state index contributed by atoms with van der Waals surface area (Å²) in [4.78, 5) is 17.1. The molecule has 1 N–H and O–H groups in total. The fraction of sp³-hybridized carbons (Fsp3) is 0.308. The summed E-state index contributed by atoms with van der Waals surface area (Å²) in [6.07, 6.45) is 0. The molecule has 0 unspecified atom stereocenters. The molecule has 2 rings (SSSR count). The summed E-state index contributed by atoms with van der Waals surface area (Å²) < 4.78 is 0. The minimum absolute atomic E-state index is 0.0356. The topological polar surface area (TPSA) is 103 Å². The quantitative estimate of drug-likeness (QED) is 0.515. The molecule has 1 heterocycles.